The minimum Gasteiger partial charge on any atom is -0.480 e. The Morgan fingerprint density at radius 3 is 2.45 bits per heavy atom. The molecule has 33 heavy (non-hydrogen) atoms. The van der Waals surface area contributed by atoms with Crippen LogP contribution in [-0.4, -0.2) is 83.0 Å². The van der Waals surface area contributed by atoms with Crippen LogP contribution in [0.15, 0.2) is 0 Å². The fraction of sp³-hybridized carbons (Fsp3) is 0.818. The number of carbonyl (C=O) groups excluding carboxylic acids is 3. The number of likely N-dealkylation sites (tertiary alicyclic amines) is 1. The second kappa shape index (κ2) is 15.1. The highest BCUT2D eigenvalue weighted by Gasteiger charge is 2.39. The molecule has 0 aromatic rings. The number of nitrogens with one attached hydrogen (secondary N) is 2. The maximum absolute atomic E-state index is 13.4. The number of aliphatic carboxylic acids is 1. The molecule has 11 heteroatoms. The van der Waals surface area contributed by atoms with Gasteiger partial charge in [-0.15, -0.1) is 0 Å². The second-order valence-corrected chi connectivity index (χ2v) is 9.62. The summed E-state index contributed by atoms with van der Waals surface area (Å²) in [5.74, 6) is -1.82. The molecule has 0 saturated carbocycles. The zero-order chi connectivity index (χ0) is 25.0. The summed E-state index contributed by atoms with van der Waals surface area (Å²) in [4.78, 5) is 52.0. The SMILES string of the molecule is CCC(C)C(NC(=O)C1CCCN1C(=O)C(CCCCN)NC(=O)C(N)CCSC)C(=O)O. The first-order valence-electron chi connectivity index (χ1n) is 11.8. The lowest BCUT2D eigenvalue weighted by Crippen LogP contribution is -2.57. The molecule has 3 amide bonds. The van der Waals surface area contributed by atoms with Gasteiger partial charge in [-0.05, 0) is 63.0 Å². The predicted molar refractivity (Wildman–Crippen MR) is 130 cm³/mol. The van der Waals surface area contributed by atoms with Gasteiger partial charge in [0.2, 0.25) is 17.7 Å². The number of carboxylic acids is 1. The molecule has 10 nitrogen and oxygen atoms in total. The molecule has 1 fully saturated rings. The van der Waals surface area contributed by atoms with Gasteiger partial charge in [0.1, 0.15) is 18.1 Å². The third-order valence-corrected chi connectivity index (χ3v) is 6.79. The van der Waals surface area contributed by atoms with Crippen molar-refractivity contribution >= 4 is 35.5 Å². The lowest BCUT2D eigenvalue weighted by molar-refractivity contribution is -0.146. The Bertz CT molecular complexity index is 665. The molecule has 1 saturated heterocycles. The van der Waals surface area contributed by atoms with Crippen molar-refractivity contribution in [2.75, 3.05) is 25.1 Å². The van der Waals surface area contributed by atoms with Crippen LogP contribution in [0.5, 0.6) is 0 Å². The van der Waals surface area contributed by atoms with E-state index < -0.39 is 42.0 Å². The van der Waals surface area contributed by atoms with Crippen LogP contribution in [0.3, 0.4) is 0 Å². The van der Waals surface area contributed by atoms with E-state index >= 15 is 0 Å². The van der Waals surface area contributed by atoms with E-state index in [9.17, 15) is 24.3 Å². The molecule has 1 rings (SSSR count). The van der Waals surface area contributed by atoms with E-state index in [1.165, 1.54) is 4.90 Å². The first-order valence-corrected chi connectivity index (χ1v) is 13.2. The molecule has 0 aliphatic carbocycles. The Balaban J connectivity index is 2.94. The van der Waals surface area contributed by atoms with Gasteiger partial charge < -0.3 is 32.1 Å². The highest BCUT2D eigenvalue weighted by molar-refractivity contribution is 7.98. The van der Waals surface area contributed by atoms with Crippen LogP contribution in [0, 0.1) is 5.92 Å². The van der Waals surface area contributed by atoms with Crippen molar-refractivity contribution in [3.05, 3.63) is 0 Å². The lowest BCUT2D eigenvalue weighted by atomic mass is 9.98. The number of thioether (sulfide) groups is 1. The summed E-state index contributed by atoms with van der Waals surface area (Å²) in [5.41, 5.74) is 11.5. The number of unbranched alkanes of at least 4 members (excludes halogenated alkanes) is 1. The molecule has 1 heterocycles. The first-order chi connectivity index (χ1) is 15.7. The maximum Gasteiger partial charge on any atom is 0.326 e. The van der Waals surface area contributed by atoms with Crippen LogP contribution in [0.4, 0.5) is 0 Å². The van der Waals surface area contributed by atoms with Gasteiger partial charge in [0.05, 0.1) is 6.04 Å². The summed E-state index contributed by atoms with van der Waals surface area (Å²) in [6, 6.07) is -3.30. The van der Waals surface area contributed by atoms with E-state index in [-0.39, 0.29) is 11.8 Å². The summed E-state index contributed by atoms with van der Waals surface area (Å²) in [6.45, 7) is 4.47. The largest absolute Gasteiger partial charge is 0.480 e. The van der Waals surface area contributed by atoms with Crippen molar-refractivity contribution in [1.29, 1.82) is 0 Å². The molecule has 0 aromatic carbocycles. The third kappa shape index (κ3) is 9.13. The number of hydrogen-bond acceptors (Lipinski definition) is 7. The summed E-state index contributed by atoms with van der Waals surface area (Å²) < 4.78 is 0. The van der Waals surface area contributed by atoms with Crippen LogP contribution in [-0.2, 0) is 19.2 Å². The molecule has 0 bridgehead atoms. The highest BCUT2D eigenvalue weighted by Crippen LogP contribution is 2.21. The van der Waals surface area contributed by atoms with E-state index in [4.69, 9.17) is 11.5 Å². The molecule has 0 spiro atoms. The number of carbonyl (C=O) groups is 4. The van der Waals surface area contributed by atoms with Crippen molar-refractivity contribution in [3.63, 3.8) is 0 Å². The Labute approximate surface area is 200 Å². The predicted octanol–water partition coefficient (Wildman–Crippen LogP) is 0.287. The van der Waals surface area contributed by atoms with Crippen molar-refractivity contribution in [3.8, 4) is 0 Å². The number of amides is 3. The molecule has 190 valence electrons. The standard InChI is InChI=1S/C22H41N5O5S/c1-4-14(2)18(22(31)32)26-20(29)17-9-7-12-27(17)21(30)16(8-5-6-11-23)25-19(28)15(24)10-13-33-3/h14-18H,4-13,23-24H2,1-3H3,(H,25,28)(H,26,29)(H,31,32). The summed E-state index contributed by atoms with van der Waals surface area (Å²) in [5, 5.41) is 14.9. The average Bonchev–Trinajstić information content (AvgIpc) is 3.29. The molecule has 1 aliphatic rings. The first kappa shape index (κ1) is 29.2. The number of nitrogens with zero attached hydrogens (tertiary/aromatic N) is 1. The number of nitrogens with two attached hydrogens (primary N) is 2. The van der Waals surface area contributed by atoms with E-state index in [2.05, 4.69) is 10.6 Å². The van der Waals surface area contributed by atoms with Gasteiger partial charge in [-0.1, -0.05) is 20.3 Å². The van der Waals surface area contributed by atoms with Crippen LogP contribution >= 0.6 is 11.8 Å². The summed E-state index contributed by atoms with van der Waals surface area (Å²) >= 11 is 1.59. The van der Waals surface area contributed by atoms with Crippen LogP contribution < -0.4 is 22.1 Å². The van der Waals surface area contributed by atoms with Gasteiger partial charge >= 0.3 is 5.97 Å². The topological polar surface area (TPSA) is 168 Å². The second-order valence-electron chi connectivity index (χ2n) is 8.63. The maximum atomic E-state index is 13.4. The summed E-state index contributed by atoms with van der Waals surface area (Å²) in [7, 11) is 0. The zero-order valence-electron chi connectivity index (χ0n) is 20.0. The van der Waals surface area contributed by atoms with E-state index in [1.807, 2.05) is 13.2 Å². The van der Waals surface area contributed by atoms with E-state index in [1.54, 1.807) is 18.7 Å². The number of hydrogen-bond donors (Lipinski definition) is 5. The fourth-order valence-electron chi connectivity index (χ4n) is 3.84. The average molecular weight is 488 g/mol. The molecular formula is C22H41N5O5S. The molecule has 7 N–H and O–H groups in total. The minimum atomic E-state index is -1.10. The molecule has 0 radical (unpaired) electrons. The van der Waals surface area contributed by atoms with Crippen LogP contribution in [0.25, 0.3) is 0 Å². The Morgan fingerprint density at radius 2 is 1.88 bits per heavy atom. The van der Waals surface area contributed by atoms with Gasteiger partial charge in [0, 0.05) is 6.54 Å². The van der Waals surface area contributed by atoms with E-state index in [0.29, 0.717) is 58.0 Å². The quantitative estimate of drug-likeness (QED) is 0.205. The molecule has 1 aliphatic heterocycles. The molecule has 5 unspecified atom stereocenters. The molecule has 5 atom stereocenters. The minimum absolute atomic E-state index is 0.247. The molecule has 0 aromatic heterocycles. The number of rotatable bonds is 15. The Hall–Kier alpha value is -1.85. The van der Waals surface area contributed by atoms with Crippen LogP contribution in [0.1, 0.15) is 58.8 Å². The number of carboxylic acid groups (broad SMARTS) is 1. The van der Waals surface area contributed by atoms with E-state index in [0.717, 1.165) is 5.75 Å². The smallest absolute Gasteiger partial charge is 0.326 e. The molecular weight excluding hydrogens is 446 g/mol. The Morgan fingerprint density at radius 1 is 1.18 bits per heavy atom. The van der Waals surface area contributed by atoms with Gasteiger partial charge in [-0.2, -0.15) is 11.8 Å². The lowest BCUT2D eigenvalue weighted by Gasteiger charge is -2.30. The summed E-state index contributed by atoms with van der Waals surface area (Å²) in [6.07, 6.45) is 5.84. The fourth-order valence-corrected chi connectivity index (χ4v) is 4.33. The normalized spacial score (nSPS) is 19.4. The third-order valence-electron chi connectivity index (χ3n) is 6.15. The van der Waals surface area contributed by atoms with Gasteiger partial charge in [0.25, 0.3) is 0 Å². The van der Waals surface area contributed by atoms with Crippen molar-refractivity contribution in [2.45, 2.75) is 83.0 Å². The van der Waals surface area contributed by atoms with Gasteiger partial charge in [-0.25, -0.2) is 4.79 Å². The van der Waals surface area contributed by atoms with Crippen molar-refractivity contribution in [2.24, 2.45) is 17.4 Å². The Kier molecular flexibility index (Phi) is 13.4. The zero-order valence-corrected chi connectivity index (χ0v) is 20.9. The monoisotopic (exact) mass is 487 g/mol. The van der Waals surface area contributed by atoms with Gasteiger partial charge in [0.15, 0.2) is 0 Å². The van der Waals surface area contributed by atoms with Gasteiger partial charge in [-0.3, -0.25) is 14.4 Å². The highest BCUT2D eigenvalue weighted by atomic mass is 32.2. The van der Waals surface area contributed by atoms with Crippen molar-refractivity contribution in [1.82, 2.24) is 15.5 Å². The van der Waals surface area contributed by atoms with Crippen LogP contribution in [0.2, 0.25) is 0 Å². The van der Waals surface area contributed by atoms with Crippen molar-refractivity contribution < 1.29 is 24.3 Å².